The lowest BCUT2D eigenvalue weighted by Gasteiger charge is -2.08. The Hall–Kier alpha value is -0.0500. The van der Waals surface area contributed by atoms with Crippen LogP contribution >= 0.6 is 39.1 Å². The molecule has 1 aromatic heterocycles. The zero-order valence-corrected chi connectivity index (χ0v) is 10.2. The molecule has 0 aliphatic heterocycles. The third-order valence-corrected chi connectivity index (χ3v) is 2.80. The van der Waals surface area contributed by atoms with Crippen LogP contribution in [-0.4, -0.2) is 10.3 Å². The van der Waals surface area contributed by atoms with Gasteiger partial charge in [-0.3, -0.25) is 0 Å². The SMILES string of the molecule is C=C(CBr)c1c(C)cc(Cl)nc1Cl. The molecule has 0 spiro atoms. The fourth-order valence-corrected chi connectivity index (χ4v) is 2.03. The molecule has 0 atom stereocenters. The third kappa shape index (κ3) is 2.46. The van der Waals surface area contributed by atoms with Crippen molar-refractivity contribution in [2.75, 3.05) is 5.33 Å². The molecule has 0 saturated heterocycles. The van der Waals surface area contributed by atoms with E-state index in [0.29, 0.717) is 15.6 Å². The maximum atomic E-state index is 5.93. The Morgan fingerprint density at radius 3 is 2.69 bits per heavy atom. The van der Waals surface area contributed by atoms with Gasteiger partial charge in [0, 0.05) is 10.9 Å². The van der Waals surface area contributed by atoms with Crippen LogP contribution in [0.25, 0.3) is 5.57 Å². The van der Waals surface area contributed by atoms with Crippen molar-refractivity contribution in [1.29, 1.82) is 0 Å². The van der Waals surface area contributed by atoms with Crippen molar-refractivity contribution >= 4 is 44.7 Å². The van der Waals surface area contributed by atoms with Gasteiger partial charge in [-0.05, 0) is 24.1 Å². The minimum atomic E-state index is 0.411. The minimum absolute atomic E-state index is 0.411. The van der Waals surface area contributed by atoms with Gasteiger partial charge < -0.3 is 0 Å². The quantitative estimate of drug-likeness (QED) is 0.587. The lowest BCUT2D eigenvalue weighted by Crippen LogP contribution is -1.93. The van der Waals surface area contributed by atoms with Crippen molar-refractivity contribution in [3.05, 3.63) is 34.1 Å². The molecule has 13 heavy (non-hydrogen) atoms. The Morgan fingerprint density at radius 2 is 2.23 bits per heavy atom. The van der Waals surface area contributed by atoms with E-state index >= 15 is 0 Å². The summed E-state index contributed by atoms with van der Waals surface area (Å²) in [6, 6.07) is 1.77. The summed E-state index contributed by atoms with van der Waals surface area (Å²) in [5.74, 6) is 0. The molecule has 0 radical (unpaired) electrons. The first kappa shape index (κ1) is 11.0. The normalized spacial score (nSPS) is 10.2. The molecule has 0 amide bonds. The molecule has 0 aliphatic rings. The highest BCUT2D eigenvalue weighted by Crippen LogP contribution is 2.27. The molecule has 0 saturated carbocycles. The van der Waals surface area contributed by atoms with Crippen molar-refractivity contribution in [3.63, 3.8) is 0 Å². The Kier molecular flexibility index (Phi) is 3.77. The highest BCUT2D eigenvalue weighted by atomic mass is 79.9. The molecule has 70 valence electrons. The summed E-state index contributed by atoms with van der Waals surface area (Å²) in [6.45, 7) is 5.81. The number of aryl methyl sites for hydroxylation is 1. The van der Waals surface area contributed by atoms with E-state index in [2.05, 4.69) is 27.5 Å². The highest BCUT2D eigenvalue weighted by Gasteiger charge is 2.09. The molecule has 1 nitrogen and oxygen atoms in total. The van der Waals surface area contributed by atoms with E-state index in [-0.39, 0.29) is 0 Å². The molecule has 0 unspecified atom stereocenters. The zero-order valence-electron chi connectivity index (χ0n) is 7.07. The largest absolute Gasteiger partial charge is 0.224 e. The highest BCUT2D eigenvalue weighted by molar-refractivity contribution is 9.09. The fraction of sp³-hybridized carbons (Fsp3) is 0.222. The number of hydrogen-bond donors (Lipinski definition) is 0. The van der Waals surface area contributed by atoms with E-state index in [4.69, 9.17) is 23.2 Å². The molecule has 4 heteroatoms. The molecule has 0 aromatic carbocycles. The van der Waals surface area contributed by atoms with E-state index in [9.17, 15) is 0 Å². The van der Waals surface area contributed by atoms with Gasteiger partial charge >= 0.3 is 0 Å². The van der Waals surface area contributed by atoms with Gasteiger partial charge in [-0.1, -0.05) is 45.7 Å². The van der Waals surface area contributed by atoms with Gasteiger partial charge in [0.25, 0.3) is 0 Å². The average molecular weight is 281 g/mol. The summed E-state index contributed by atoms with van der Waals surface area (Å²) in [7, 11) is 0. The molecule has 0 fully saturated rings. The van der Waals surface area contributed by atoms with Crippen LogP contribution < -0.4 is 0 Å². The summed E-state index contributed by atoms with van der Waals surface area (Å²) >= 11 is 15.0. The van der Waals surface area contributed by atoms with Crippen molar-refractivity contribution < 1.29 is 0 Å². The van der Waals surface area contributed by atoms with Gasteiger partial charge in [-0.15, -0.1) is 0 Å². The van der Waals surface area contributed by atoms with Crippen molar-refractivity contribution in [2.24, 2.45) is 0 Å². The number of pyridine rings is 1. The maximum absolute atomic E-state index is 5.93. The second-order valence-corrected chi connectivity index (χ2v) is 3.97. The van der Waals surface area contributed by atoms with Crippen LogP contribution in [0.1, 0.15) is 11.1 Å². The van der Waals surface area contributed by atoms with Gasteiger partial charge in [0.1, 0.15) is 10.3 Å². The Balaban J connectivity index is 3.28. The van der Waals surface area contributed by atoms with E-state index in [1.54, 1.807) is 6.07 Å². The summed E-state index contributed by atoms with van der Waals surface area (Å²) in [4.78, 5) is 3.95. The molecule has 1 heterocycles. The van der Waals surface area contributed by atoms with Crippen LogP contribution in [0.15, 0.2) is 12.6 Å². The summed E-state index contributed by atoms with van der Waals surface area (Å²) in [5, 5.41) is 1.50. The number of rotatable bonds is 2. The van der Waals surface area contributed by atoms with Crippen molar-refractivity contribution in [2.45, 2.75) is 6.92 Å². The predicted octanol–water partition coefficient (Wildman–Crippen LogP) is 4.10. The summed E-state index contributed by atoms with van der Waals surface area (Å²) in [5.41, 5.74) is 2.78. The molecule has 0 aliphatic carbocycles. The molecular formula is C9H8BrCl2N. The van der Waals surface area contributed by atoms with E-state index < -0.39 is 0 Å². The number of alkyl halides is 1. The van der Waals surface area contributed by atoms with Crippen LogP contribution in [0.5, 0.6) is 0 Å². The van der Waals surface area contributed by atoms with E-state index in [0.717, 1.165) is 16.7 Å². The fourth-order valence-electron chi connectivity index (χ4n) is 1.09. The Morgan fingerprint density at radius 1 is 1.62 bits per heavy atom. The number of aromatic nitrogens is 1. The topological polar surface area (TPSA) is 12.9 Å². The molecular weight excluding hydrogens is 273 g/mol. The smallest absolute Gasteiger partial charge is 0.138 e. The van der Waals surface area contributed by atoms with Gasteiger partial charge in [-0.25, -0.2) is 4.98 Å². The van der Waals surface area contributed by atoms with Crippen molar-refractivity contribution in [3.8, 4) is 0 Å². The van der Waals surface area contributed by atoms with Gasteiger partial charge in [-0.2, -0.15) is 0 Å². The molecule has 0 N–H and O–H groups in total. The van der Waals surface area contributed by atoms with Gasteiger partial charge in [0.15, 0.2) is 0 Å². The Bertz CT molecular complexity index is 326. The van der Waals surface area contributed by atoms with Crippen LogP contribution in [-0.2, 0) is 0 Å². The predicted molar refractivity (Wildman–Crippen MR) is 61.8 cm³/mol. The monoisotopic (exact) mass is 279 g/mol. The van der Waals surface area contributed by atoms with Crippen LogP contribution in [0.2, 0.25) is 10.3 Å². The molecule has 1 aromatic rings. The van der Waals surface area contributed by atoms with Crippen molar-refractivity contribution in [1.82, 2.24) is 4.98 Å². The first-order valence-corrected chi connectivity index (χ1v) is 5.50. The van der Waals surface area contributed by atoms with Crippen LogP contribution in [0, 0.1) is 6.92 Å². The Labute approximate surface area is 95.9 Å². The first-order chi connectivity index (χ1) is 6.06. The standard InChI is InChI=1S/C9H8BrCl2N/c1-5-3-7(11)13-9(12)8(5)6(2)4-10/h3H,2,4H2,1H3. The number of nitrogens with zero attached hydrogens (tertiary/aromatic N) is 1. The minimum Gasteiger partial charge on any atom is -0.224 e. The second-order valence-electron chi connectivity index (χ2n) is 2.66. The van der Waals surface area contributed by atoms with Gasteiger partial charge in [0.2, 0.25) is 0 Å². The number of halogens is 3. The van der Waals surface area contributed by atoms with E-state index in [1.807, 2.05) is 6.92 Å². The van der Waals surface area contributed by atoms with Crippen LogP contribution in [0.4, 0.5) is 0 Å². The molecule has 0 bridgehead atoms. The number of hydrogen-bond acceptors (Lipinski definition) is 1. The third-order valence-electron chi connectivity index (χ3n) is 1.66. The maximum Gasteiger partial charge on any atom is 0.138 e. The zero-order chi connectivity index (χ0) is 10.0. The van der Waals surface area contributed by atoms with E-state index in [1.165, 1.54) is 0 Å². The summed E-state index contributed by atoms with van der Waals surface area (Å²) < 4.78 is 0. The lowest BCUT2D eigenvalue weighted by molar-refractivity contribution is 1.26. The average Bonchev–Trinajstić information content (AvgIpc) is 2.02. The molecule has 1 rings (SSSR count). The first-order valence-electron chi connectivity index (χ1n) is 3.63. The van der Waals surface area contributed by atoms with Gasteiger partial charge in [0.05, 0.1) is 0 Å². The lowest BCUT2D eigenvalue weighted by atomic mass is 10.1. The van der Waals surface area contributed by atoms with Crippen LogP contribution in [0.3, 0.4) is 0 Å². The number of allylic oxidation sites excluding steroid dienone is 1. The summed E-state index contributed by atoms with van der Waals surface area (Å²) in [6.07, 6.45) is 0. The second kappa shape index (κ2) is 4.45.